The zero-order valence-electron chi connectivity index (χ0n) is 16.3. The molecule has 2 aromatic carbocycles. The summed E-state index contributed by atoms with van der Waals surface area (Å²) in [6, 6.07) is 9.92. The smallest absolute Gasteiger partial charge is 0.338 e. The Morgan fingerprint density at radius 3 is 2.77 bits per heavy atom. The van der Waals surface area contributed by atoms with Crippen LogP contribution in [0.1, 0.15) is 23.0 Å². The number of benzene rings is 2. The Kier molecular flexibility index (Phi) is 6.31. The van der Waals surface area contributed by atoms with Crippen molar-refractivity contribution in [1.29, 1.82) is 0 Å². The van der Waals surface area contributed by atoms with Gasteiger partial charge in [0.05, 0.1) is 22.0 Å². The van der Waals surface area contributed by atoms with Gasteiger partial charge in [0.15, 0.2) is 16.6 Å². The molecule has 1 aromatic heterocycles. The largest absolute Gasteiger partial charge is 0.486 e. The van der Waals surface area contributed by atoms with Crippen molar-refractivity contribution in [2.75, 3.05) is 18.1 Å². The molecule has 3 aromatic rings. The number of anilines is 2. The predicted molar refractivity (Wildman–Crippen MR) is 118 cm³/mol. The normalized spacial score (nSPS) is 12.4. The lowest BCUT2D eigenvalue weighted by Gasteiger charge is -2.20. The second kappa shape index (κ2) is 9.13. The van der Waals surface area contributed by atoms with Gasteiger partial charge in [0.1, 0.15) is 19.8 Å². The first-order valence-corrected chi connectivity index (χ1v) is 10.8. The number of esters is 1. The average Bonchev–Trinajstić information content (AvgIpc) is 3.20. The van der Waals surface area contributed by atoms with E-state index in [4.69, 9.17) is 37.4 Å². The van der Waals surface area contributed by atoms with E-state index < -0.39 is 5.97 Å². The molecule has 1 aliphatic heterocycles. The van der Waals surface area contributed by atoms with E-state index in [2.05, 4.69) is 4.98 Å². The Bertz CT molecular complexity index is 1150. The number of hydrogen-bond acceptors (Lipinski definition) is 7. The van der Waals surface area contributed by atoms with Crippen LogP contribution >= 0.6 is 34.5 Å². The summed E-state index contributed by atoms with van der Waals surface area (Å²) in [7, 11) is 0. The maximum atomic E-state index is 12.5. The number of rotatable bonds is 5. The molecule has 0 bridgehead atoms. The molecule has 160 valence electrons. The number of amides is 1. The fourth-order valence-corrected chi connectivity index (χ4v) is 4.28. The van der Waals surface area contributed by atoms with Crippen LogP contribution in [0.25, 0.3) is 0 Å². The van der Waals surface area contributed by atoms with E-state index in [1.165, 1.54) is 35.3 Å². The number of aromatic nitrogens is 1. The molecular weight excluding hydrogens is 463 g/mol. The minimum absolute atomic E-state index is 0.0668. The predicted octanol–water partition coefficient (Wildman–Crippen LogP) is 5.26. The van der Waals surface area contributed by atoms with Crippen LogP contribution in [-0.4, -0.2) is 30.1 Å². The summed E-state index contributed by atoms with van der Waals surface area (Å²) in [5, 5.41) is 2.95. The van der Waals surface area contributed by atoms with E-state index in [0.717, 1.165) is 0 Å². The molecule has 10 heteroatoms. The van der Waals surface area contributed by atoms with E-state index in [9.17, 15) is 9.59 Å². The molecule has 1 amide bonds. The topological polar surface area (TPSA) is 78.0 Å². The van der Waals surface area contributed by atoms with Gasteiger partial charge in [-0.05, 0) is 30.3 Å². The quantitative estimate of drug-likeness (QED) is 0.465. The third kappa shape index (κ3) is 4.76. The van der Waals surface area contributed by atoms with Gasteiger partial charge in [0, 0.05) is 17.3 Å². The fourth-order valence-electron chi connectivity index (χ4n) is 2.96. The van der Waals surface area contributed by atoms with Gasteiger partial charge in [0.25, 0.3) is 0 Å². The Balaban J connectivity index is 1.47. The lowest BCUT2D eigenvalue weighted by Crippen LogP contribution is -2.22. The van der Waals surface area contributed by atoms with E-state index in [0.29, 0.717) is 46.2 Å². The summed E-state index contributed by atoms with van der Waals surface area (Å²) >= 11 is 13.5. The van der Waals surface area contributed by atoms with Crippen molar-refractivity contribution in [2.45, 2.75) is 13.5 Å². The molecule has 7 nitrogen and oxygen atoms in total. The molecule has 4 rings (SSSR count). The zero-order valence-corrected chi connectivity index (χ0v) is 18.6. The van der Waals surface area contributed by atoms with E-state index in [-0.39, 0.29) is 23.1 Å². The van der Waals surface area contributed by atoms with Crippen LogP contribution in [0.15, 0.2) is 41.8 Å². The minimum atomic E-state index is -0.577. The maximum absolute atomic E-state index is 12.5. The van der Waals surface area contributed by atoms with Crippen molar-refractivity contribution in [3.05, 3.63) is 63.1 Å². The number of carbonyl (C=O) groups is 2. The molecule has 2 heterocycles. The van der Waals surface area contributed by atoms with Gasteiger partial charge in [-0.25, -0.2) is 9.78 Å². The van der Waals surface area contributed by atoms with Crippen molar-refractivity contribution in [3.8, 4) is 11.5 Å². The summed E-state index contributed by atoms with van der Waals surface area (Å²) < 4.78 is 16.3. The van der Waals surface area contributed by atoms with Gasteiger partial charge >= 0.3 is 5.97 Å². The van der Waals surface area contributed by atoms with Gasteiger partial charge in [-0.15, -0.1) is 11.3 Å². The summed E-state index contributed by atoms with van der Waals surface area (Å²) in [5.74, 6) is 0.0250. The van der Waals surface area contributed by atoms with Crippen LogP contribution in [0.4, 0.5) is 10.8 Å². The van der Waals surface area contributed by atoms with Gasteiger partial charge in [-0.3, -0.25) is 9.69 Å². The van der Waals surface area contributed by atoms with E-state index in [1.54, 1.807) is 29.6 Å². The highest BCUT2D eigenvalue weighted by Crippen LogP contribution is 2.38. The summed E-state index contributed by atoms with van der Waals surface area (Å²) in [4.78, 5) is 30.5. The summed E-state index contributed by atoms with van der Waals surface area (Å²) in [5.41, 5.74) is 1.35. The molecule has 0 unspecified atom stereocenters. The monoisotopic (exact) mass is 478 g/mol. The second-order valence-corrected chi connectivity index (χ2v) is 8.19. The van der Waals surface area contributed by atoms with Crippen molar-refractivity contribution >= 4 is 57.2 Å². The van der Waals surface area contributed by atoms with Crippen molar-refractivity contribution in [1.82, 2.24) is 4.98 Å². The molecule has 31 heavy (non-hydrogen) atoms. The van der Waals surface area contributed by atoms with Gasteiger partial charge in [-0.1, -0.05) is 29.3 Å². The van der Waals surface area contributed by atoms with Crippen molar-refractivity contribution in [3.63, 3.8) is 0 Å². The first-order chi connectivity index (χ1) is 14.9. The minimum Gasteiger partial charge on any atom is -0.486 e. The van der Waals surface area contributed by atoms with E-state index in [1.807, 2.05) is 0 Å². The highest BCUT2D eigenvalue weighted by Gasteiger charge is 2.21. The standard InChI is InChI=1S/C21H16Cl2N2O5S/c1-12(26)25(16-4-2-3-14(22)9-16)21-24-15(11-31-21)10-30-20(27)13-7-17(23)19-18(8-13)28-5-6-29-19/h2-4,7-9,11H,5-6,10H2,1H3. The summed E-state index contributed by atoms with van der Waals surface area (Å²) in [6.07, 6.45) is 0. The Hall–Kier alpha value is -2.81. The highest BCUT2D eigenvalue weighted by atomic mass is 35.5. The van der Waals surface area contributed by atoms with Crippen LogP contribution in [-0.2, 0) is 16.1 Å². The lowest BCUT2D eigenvalue weighted by atomic mass is 10.2. The molecule has 0 aliphatic carbocycles. The Morgan fingerprint density at radius 1 is 1.19 bits per heavy atom. The van der Waals surface area contributed by atoms with Crippen molar-refractivity contribution in [2.24, 2.45) is 0 Å². The zero-order chi connectivity index (χ0) is 22.0. The number of thiazole rings is 1. The fraction of sp³-hybridized carbons (Fsp3) is 0.190. The van der Waals surface area contributed by atoms with Gasteiger partial charge in [-0.2, -0.15) is 0 Å². The first kappa shape index (κ1) is 21.4. The van der Waals surface area contributed by atoms with Crippen LogP contribution < -0.4 is 14.4 Å². The molecular formula is C21H16Cl2N2O5S. The highest BCUT2D eigenvalue weighted by molar-refractivity contribution is 7.14. The average molecular weight is 479 g/mol. The van der Waals surface area contributed by atoms with Crippen LogP contribution in [0.3, 0.4) is 0 Å². The molecule has 0 radical (unpaired) electrons. The number of ether oxygens (including phenoxy) is 3. The SMILES string of the molecule is CC(=O)N(c1cccc(Cl)c1)c1nc(COC(=O)c2cc(Cl)c3c(c2)OCCO3)cs1. The van der Waals surface area contributed by atoms with Gasteiger partial charge < -0.3 is 14.2 Å². The van der Waals surface area contributed by atoms with Crippen LogP contribution in [0.5, 0.6) is 11.5 Å². The molecule has 1 aliphatic rings. The first-order valence-electron chi connectivity index (χ1n) is 9.19. The number of hydrogen-bond donors (Lipinski definition) is 0. The number of halogens is 2. The number of nitrogens with zero attached hydrogens (tertiary/aromatic N) is 2. The number of fused-ring (bicyclic) bond motifs is 1. The molecule has 0 N–H and O–H groups in total. The summed E-state index contributed by atoms with van der Waals surface area (Å²) in [6.45, 7) is 2.15. The lowest BCUT2D eigenvalue weighted by molar-refractivity contribution is -0.115. The Labute approximate surface area is 192 Å². The Morgan fingerprint density at radius 2 is 2.00 bits per heavy atom. The van der Waals surface area contributed by atoms with E-state index >= 15 is 0 Å². The second-order valence-electron chi connectivity index (χ2n) is 6.51. The van der Waals surface area contributed by atoms with Gasteiger partial charge in [0.2, 0.25) is 5.91 Å². The molecule has 0 atom stereocenters. The molecule has 0 fully saturated rings. The van der Waals surface area contributed by atoms with Crippen molar-refractivity contribution < 1.29 is 23.8 Å². The van der Waals surface area contributed by atoms with Crippen LogP contribution in [0.2, 0.25) is 10.0 Å². The third-order valence-corrected chi connectivity index (χ3v) is 5.69. The number of carbonyl (C=O) groups excluding carboxylic acids is 2. The molecule has 0 saturated carbocycles. The molecule has 0 spiro atoms. The molecule has 0 saturated heterocycles. The maximum Gasteiger partial charge on any atom is 0.338 e. The van der Waals surface area contributed by atoms with Crippen LogP contribution in [0, 0.1) is 0 Å². The third-order valence-electron chi connectivity index (χ3n) is 4.30.